The van der Waals surface area contributed by atoms with Crippen molar-refractivity contribution in [3.05, 3.63) is 71.3 Å². The third kappa shape index (κ3) is 2.55. The molecule has 1 radical (unpaired) electrons. The Morgan fingerprint density at radius 3 is 2.61 bits per heavy atom. The fourth-order valence-corrected chi connectivity index (χ4v) is 2.17. The Morgan fingerprint density at radius 1 is 1.11 bits per heavy atom. The van der Waals surface area contributed by atoms with Crippen molar-refractivity contribution in [1.29, 1.82) is 0 Å². The first kappa shape index (κ1) is 13.4. The van der Waals surface area contributed by atoms with Crippen molar-refractivity contribution in [1.82, 2.24) is 4.90 Å². The topological polar surface area (TPSA) is 20.3 Å². The monoisotopic (exact) mass is 311 g/mol. The van der Waals surface area contributed by atoms with Gasteiger partial charge in [0.25, 0.3) is 0 Å². The van der Waals surface area contributed by atoms with Crippen molar-refractivity contribution < 1.29 is 37.5 Å². The summed E-state index contributed by atoms with van der Waals surface area (Å²) >= 11 is 0. The molecule has 1 heterocycles. The van der Waals surface area contributed by atoms with Crippen molar-refractivity contribution in [3.63, 3.8) is 0 Å². The molecule has 1 aliphatic rings. The van der Waals surface area contributed by atoms with Crippen molar-refractivity contribution in [2.75, 3.05) is 0 Å². The number of benzene rings is 2. The smallest absolute Gasteiger partial charge is 0.168 e. The van der Waals surface area contributed by atoms with Gasteiger partial charge < -0.3 is 9.69 Å². The van der Waals surface area contributed by atoms with Crippen molar-refractivity contribution in [2.45, 2.75) is 13.1 Å². The molecule has 1 aliphatic heterocycles. The minimum absolute atomic E-state index is 0. The summed E-state index contributed by atoms with van der Waals surface area (Å²) in [5.41, 5.74) is 2.96. The minimum Gasteiger partial charge on any atom is -0.378 e. The normalized spacial score (nSPS) is 13.1. The predicted octanol–water partition coefficient (Wildman–Crippen LogP) is 2.64. The van der Waals surface area contributed by atoms with E-state index >= 15 is 0 Å². The molecule has 0 N–H and O–H groups in total. The second kappa shape index (κ2) is 5.77. The standard InChI is InChI=1S/C15H12NO.Y/c17-15-14-9-5-4-8-13(14)11-16(15)10-12-6-2-1-3-7-12;/h1-8H,10-11H2;/q-1;. The number of amides is 1. The second-order valence-corrected chi connectivity index (χ2v) is 4.22. The first-order valence-electron chi connectivity index (χ1n) is 5.67. The molecule has 18 heavy (non-hydrogen) atoms. The van der Waals surface area contributed by atoms with Crippen LogP contribution >= 0.6 is 0 Å². The van der Waals surface area contributed by atoms with Gasteiger partial charge in [0.15, 0.2) is 5.91 Å². The van der Waals surface area contributed by atoms with E-state index in [4.69, 9.17) is 0 Å². The summed E-state index contributed by atoms with van der Waals surface area (Å²) in [5, 5.41) is 0. The van der Waals surface area contributed by atoms with Gasteiger partial charge in [-0.3, -0.25) is 0 Å². The van der Waals surface area contributed by atoms with Crippen LogP contribution in [0.5, 0.6) is 0 Å². The number of hydrogen-bond donors (Lipinski definition) is 0. The quantitative estimate of drug-likeness (QED) is 0.781. The van der Waals surface area contributed by atoms with E-state index in [1.54, 1.807) is 6.07 Å². The molecule has 0 aliphatic carbocycles. The molecular formula is C15H12NOY-. The Labute approximate surface area is 132 Å². The summed E-state index contributed by atoms with van der Waals surface area (Å²) in [6.07, 6.45) is 0. The zero-order valence-electron chi connectivity index (χ0n) is 9.97. The predicted molar refractivity (Wildman–Crippen MR) is 65.3 cm³/mol. The van der Waals surface area contributed by atoms with Crippen LogP contribution in [-0.4, -0.2) is 10.8 Å². The van der Waals surface area contributed by atoms with Crippen LogP contribution in [0.25, 0.3) is 0 Å². The first-order valence-corrected chi connectivity index (χ1v) is 5.67. The summed E-state index contributed by atoms with van der Waals surface area (Å²) in [4.78, 5) is 14.0. The van der Waals surface area contributed by atoms with E-state index in [-0.39, 0.29) is 38.6 Å². The Hall–Kier alpha value is -0.986. The van der Waals surface area contributed by atoms with Gasteiger partial charge in [0.1, 0.15) is 0 Å². The van der Waals surface area contributed by atoms with Crippen molar-refractivity contribution in [3.8, 4) is 0 Å². The van der Waals surface area contributed by atoms with E-state index in [9.17, 15) is 4.79 Å². The zero-order chi connectivity index (χ0) is 11.7. The van der Waals surface area contributed by atoms with Gasteiger partial charge in [-0.15, -0.1) is 29.8 Å². The fraction of sp³-hybridized carbons (Fsp3) is 0.133. The van der Waals surface area contributed by atoms with E-state index in [0.717, 1.165) is 16.7 Å². The molecule has 0 atom stereocenters. The summed E-state index contributed by atoms with van der Waals surface area (Å²) in [6.45, 7) is 1.36. The molecule has 87 valence electrons. The van der Waals surface area contributed by atoms with Gasteiger partial charge in [0.05, 0.1) is 0 Å². The maximum atomic E-state index is 12.1. The number of fused-ring (bicyclic) bond motifs is 1. The van der Waals surface area contributed by atoms with Crippen LogP contribution in [0.4, 0.5) is 0 Å². The molecule has 0 unspecified atom stereocenters. The van der Waals surface area contributed by atoms with Gasteiger partial charge in [0, 0.05) is 45.8 Å². The summed E-state index contributed by atoms with van der Waals surface area (Å²) in [5.74, 6) is 0.0875. The van der Waals surface area contributed by atoms with Crippen LogP contribution in [0.1, 0.15) is 21.5 Å². The van der Waals surface area contributed by atoms with Gasteiger partial charge in [0.2, 0.25) is 0 Å². The van der Waals surface area contributed by atoms with E-state index in [1.165, 1.54) is 0 Å². The maximum absolute atomic E-state index is 12.1. The average Bonchev–Trinajstić information content (AvgIpc) is 2.68. The number of hydrogen-bond acceptors (Lipinski definition) is 1. The van der Waals surface area contributed by atoms with Crippen LogP contribution in [0.2, 0.25) is 0 Å². The van der Waals surface area contributed by atoms with E-state index in [0.29, 0.717) is 13.1 Å². The van der Waals surface area contributed by atoms with Crippen LogP contribution in [0.3, 0.4) is 0 Å². The van der Waals surface area contributed by atoms with E-state index in [2.05, 4.69) is 6.07 Å². The first-order chi connectivity index (χ1) is 8.34. The third-order valence-electron chi connectivity index (χ3n) is 3.02. The van der Waals surface area contributed by atoms with Gasteiger partial charge in [-0.1, -0.05) is 35.9 Å². The molecule has 1 amide bonds. The molecule has 0 saturated carbocycles. The average molecular weight is 311 g/mol. The van der Waals surface area contributed by atoms with E-state index < -0.39 is 0 Å². The summed E-state index contributed by atoms with van der Waals surface area (Å²) in [7, 11) is 0. The molecule has 0 fully saturated rings. The number of carbonyl (C=O) groups excluding carboxylic acids is 1. The molecule has 0 aromatic heterocycles. The SMILES string of the molecule is O=C1c2[c-]cccc2CN1Cc1ccccc1.[Y]. The van der Waals surface area contributed by atoms with Crippen molar-refractivity contribution >= 4 is 5.91 Å². The minimum atomic E-state index is 0. The Morgan fingerprint density at radius 2 is 1.89 bits per heavy atom. The maximum Gasteiger partial charge on any atom is 0.168 e. The van der Waals surface area contributed by atoms with Crippen LogP contribution in [0.15, 0.2) is 48.5 Å². The molecule has 3 heteroatoms. The zero-order valence-corrected chi connectivity index (χ0v) is 12.8. The van der Waals surface area contributed by atoms with Gasteiger partial charge in [-0.2, -0.15) is 0 Å². The van der Waals surface area contributed by atoms with Gasteiger partial charge in [-0.25, -0.2) is 0 Å². The number of carbonyl (C=O) groups is 1. The molecule has 0 saturated heterocycles. The molecule has 0 spiro atoms. The number of rotatable bonds is 2. The molecule has 2 nitrogen and oxygen atoms in total. The summed E-state index contributed by atoms with van der Waals surface area (Å²) < 4.78 is 0. The summed E-state index contributed by atoms with van der Waals surface area (Å²) in [6, 6.07) is 18.8. The fourth-order valence-electron chi connectivity index (χ4n) is 2.17. The molecule has 0 bridgehead atoms. The largest absolute Gasteiger partial charge is 0.378 e. The molecular weight excluding hydrogens is 299 g/mol. The Bertz CT molecular complexity index is 553. The van der Waals surface area contributed by atoms with Crippen LogP contribution in [-0.2, 0) is 45.8 Å². The van der Waals surface area contributed by atoms with E-state index in [1.807, 2.05) is 47.4 Å². The second-order valence-electron chi connectivity index (χ2n) is 4.22. The Kier molecular flexibility index (Phi) is 4.31. The molecule has 2 aromatic rings. The van der Waals surface area contributed by atoms with Gasteiger partial charge >= 0.3 is 0 Å². The Balaban J connectivity index is 0.00000120. The molecule has 2 aromatic carbocycles. The third-order valence-corrected chi connectivity index (χ3v) is 3.02. The van der Waals surface area contributed by atoms with Crippen LogP contribution in [0, 0.1) is 6.07 Å². The van der Waals surface area contributed by atoms with Crippen LogP contribution < -0.4 is 0 Å². The van der Waals surface area contributed by atoms with Gasteiger partial charge in [-0.05, 0) is 5.56 Å². The number of nitrogens with zero attached hydrogens (tertiary/aromatic N) is 1. The molecule has 3 rings (SSSR count). The van der Waals surface area contributed by atoms with Crippen molar-refractivity contribution in [2.24, 2.45) is 0 Å².